The Morgan fingerprint density at radius 3 is 2.47 bits per heavy atom. The van der Waals surface area contributed by atoms with Crippen LogP contribution < -0.4 is 20.1 Å². The maximum absolute atomic E-state index is 12.7. The largest absolute Gasteiger partial charge is 0.493 e. The lowest BCUT2D eigenvalue weighted by Crippen LogP contribution is -2.36. The lowest BCUT2D eigenvalue weighted by molar-refractivity contribution is 0.0977. The number of hydrogen-bond donors (Lipinski definition) is 2. The zero-order valence-electron chi connectivity index (χ0n) is 17.2. The van der Waals surface area contributed by atoms with E-state index >= 15 is 0 Å². The Kier molecular flexibility index (Phi) is 7.00. The van der Waals surface area contributed by atoms with Gasteiger partial charge in [-0.25, -0.2) is 4.99 Å². The van der Waals surface area contributed by atoms with E-state index in [1.54, 1.807) is 44.8 Å². The fourth-order valence-electron chi connectivity index (χ4n) is 2.79. The SMILES string of the molecule is COc1ccc(NC(=NCc2ccncc2)NC(=O)c2cccc(C)c2)cc1OC. The molecule has 0 fully saturated rings. The Balaban J connectivity index is 1.84. The van der Waals surface area contributed by atoms with Crippen LogP contribution in [-0.2, 0) is 6.54 Å². The highest BCUT2D eigenvalue weighted by Gasteiger charge is 2.11. The predicted molar refractivity (Wildman–Crippen MR) is 117 cm³/mol. The molecule has 0 aliphatic rings. The molecule has 0 saturated carbocycles. The van der Waals surface area contributed by atoms with Gasteiger partial charge in [-0.05, 0) is 48.9 Å². The molecule has 154 valence electrons. The fraction of sp³-hybridized carbons (Fsp3) is 0.174. The van der Waals surface area contributed by atoms with E-state index < -0.39 is 0 Å². The summed E-state index contributed by atoms with van der Waals surface area (Å²) in [5.41, 5.74) is 3.23. The number of nitrogens with one attached hydrogen (secondary N) is 2. The molecule has 1 amide bonds. The lowest BCUT2D eigenvalue weighted by Gasteiger charge is -2.14. The molecule has 2 aromatic carbocycles. The van der Waals surface area contributed by atoms with Gasteiger partial charge in [0.05, 0.1) is 20.8 Å². The van der Waals surface area contributed by atoms with Gasteiger partial charge in [-0.3, -0.25) is 15.1 Å². The molecule has 0 aliphatic heterocycles. The van der Waals surface area contributed by atoms with Crippen LogP contribution in [0.1, 0.15) is 21.5 Å². The summed E-state index contributed by atoms with van der Waals surface area (Å²) >= 11 is 0. The lowest BCUT2D eigenvalue weighted by atomic mass is 10.1. The number of hydrogen-bond acceptors (Lipinski definition) is 5. The molecule has 0 radical (unpaired) electrons. The van der Waals surface area contributed by atoms with Gasteiger partial charge in [0.15, 0.2) is 11.5 Å². The van der Waals surface area contributed by atoms with Gasteiger partial charge in [0.2, 0.25) is 5.96 Å². The summed E-state index contributed by atoms with van der Waals surface area (Å²) in [6.07, 6.45) is 3.41. The molecule has 30 heavy (non-hydrogen) atoms. The molecular formula is C23H24N4O3. The van der Waals surface area contributed by atoms with Crippen LogP contribution in [0.15, 0.2) is 72.0 Å². The molecule has 1 heterocycles. The molecule has 0 spiro atoms. The summed E-state index contributed by atoms with van der Waals surface area (Å²) in [7, 11) is 3.15. The van der Waals surface area contributed by atoms with Crippen molar-refractivity contribution in [3.05, 3.63) is 83.7 Å². The Morgan fingerprint density at radius 2 is 1.77 bits per heavy atom. The Morgan fingerprint density at radius 1 is 1.00 bits per heavy atom. The van der Waals surface area contributed by atoms with Crippen LogP contribution in [0.4, 0.5) is 5.69 Å². The van der Waals surface area contributed by atoms with Gasteiger partial charge in [0, 0.05) is 29.7 Å². The summed E-state index contributed by atoms with van der Waals surface area (Å²) in [4.78, 5) is 21.3. The molecule has 3 rings (SSSR count). The van der Waals surface area contributed by atoms with Gasteiger partial charge in [-0.1, -0.05) is 17.7 Å². The zero-order valence-corrected chi connectivity index (χ0v) is 17.2. The molecule has 1 aromatic heterocycles. The Hall–Kier alpha value is -3.87. The number of benzene rings is 2. The van der Waals surface area contributed by atoms with Crippen LogP contribution in [0, 0.1) is 6.92 Å². The van der Waals surface area contributed by atoms with E-state index in [2.05, 4.69) is 20.6 Å². The van der Waals surface area contributed by atoms with Crippen molar-refractivity contribution < 1.29 is 14.3 Å². The molecule has 0 bridgehead atoms. The third kappa shape index (κ3) is 5.57. The second kappa shape index (κ2) is 10.1. The first-order chi connectivity index (χ1) is 14.6. The molecule has 0 aliphatic carbocycles. The van der Waals surface area contributed by atoms with Gasteiger partial charge < -0.3 is 14.8 Å². The van der Waals surface area contributed by atoms with Crippen molar-refractivity contribution in [1.29, 1.82) is 0 Å². The first-order valence-electron chi connectivity index (χ1n) is 9.39. The van der Waals surface area contributed by atoms with Crippen molar-refractivity contribution in [2.75, 3.05) is 19.5 Å². The highest BCUT2D eigenvalue weighted by atomic mass is 16.5. The highest BCUT2D eigenvalue weighted by Crippen LogP contribution is 2.29. The number of rotatable bonds is 6. The van der Waals surface area contributed by atoms with Crippen LogP contribution in [0.3, 0.4) is 0 Å². The second-order valence-corrected chi connectivity index (χ2v) is 6.54. The number of pyridine rings is 1. The monoisotopic (exact) mass is 404 g/mol. The van der Waals surface area contributed by atoms with Crippen molar-refractivity contribution in [3.63, 3.8) is 0 Å². The number of methoxy groups -OCH3 is 2. The van der Waals surface area contributed by atoms with Gasteiger partial charge >= 0.3 is 0 Å². The average molecular weight is 404 g/mol. The van der Waals surface area contributed by atoms with Crippen LogP contribution >= 0.6 is 0 Å². The number of carbonyl (C=O) groups excluding carboxylic acids is 1. The van der Waals surface area contributed by atoms with Gasteiger partial charge in [0.25, 0.3) is 5.91 Å². The van der Waals surface area contributed by atoms with E-state index in [0.717, 1.165) is 11.1 Å². The Labute approximate surface area is 175 Å². The van der Waals surface area contributed by atoms with E-state index in [4.69, 9.17) is 9.47 Å². The second-order valence-electron chi connectivity index (χ2n) is 6.54. The topological polar surface area (TPSA) is 84.8 Å². The molecule has 7 nitrogen and oxygen atoms in total. The van der Waals surface area contributed by atoms with Crippen molar-refractivity contribution in [3.8, 4) is 11.5 Å². The van der Waals surface area contributed by atoms with E-state index in [-0.39, 0.29) is 5.91 Å². The normalized spacial score (nSPS) is 11.0. The third-order valence-electron chi connectivity index (χ3n) is 4.33. The standard InChI is InChI=1S/C23H24N4O3/c1-16-5-4-6-18(13-16)22(28)27-23(25-15-17-9-11-24-12-10-17)26-19-7-8-20(29-2)21(14-19)30-3/h4-14H,15H2,1-3H3,(H2,25,26,27,28). The first-order valence-corrected chi connectivity index (χ1v) is 9.39. The van der Waals surface area contributed by atoms with Gasteiger partial charge in [-0.2, -0.15) is 0 Å². The predicted octanol–water partition coefficient (Wildman–Crippen LogP) is 3.81. The summed E-state index contributed by atoms with van der Waals surface area (Å²) in [6.45, 7) is 2.32. The van der Waals surface area contributed by atoms with Crippen LogP contribution in [0.5, 0.6) is 11.5 Å². The number of guanidine groups is 1. The minimum Gasteiger partial charge on any atom is -0.493 e. The zero-order chi connectivity index (χ0) is 21.3. The molecule has 0 saturated heterocycles. The quantitative estimate of drug-likeness (QED) is 0.482. The van der Waals surface area contributed by atoms with Crippen molar-refractivity contribution in [2.24, 2.45) is 4.99 Å². The number of aromatic nitrogens is 1. The van der Waals surface area contributed by atoms with E-state index in [9.17, 15) is 4.79 Å². The summed E-state index contributed by atoms with van der Waals surface area (Å²) in [5.74, 6) is 1.26. The highest BCUT2D eigenvalue weighted by molar-refractivity contribution is 6.10. The summed E-state index contributed by atoms with van der Waals surface area (Å²) < 4.78 is 10.6. The van der Waals surface area contributed by atoms with Crippen molar-refractivity contribution in [2.45, 2.75) is 13.5 Å². The number of aryl methyl sites for hydroxylation is 1. The maximum atomic E-state index is 12.7. The van der Waals surface area contributed by atoms with E-state index in [1.807, 2.05) is 43.3 Å². The summed E-state index contributed by atoms with van der Waals surface area (Å²) in [5, 5.41) is 6.02. The minimum absolute atomic E-state index is 0.250. The smallest absolute Gasteiger partial charge is 0.257 e. The number of anilines is 1. The molecule has 3 aromatic rings. The number of carbonyl (C=O) groups is 1. The van der Waals surface area contributed by atoms with Gasteiger partial charge in [0.1, 0.15) is 0 Å². The van der Waals surface area contributed by atoms with Crippen LogP contribution in [-0.4, -0.2) is 31.1 Å². The van der Waals surface area contributed by atoms with E-state index in [1.165, 1.54) is 0 Å². The first kappa shape index (κ1) is 20.9. The molecule has 7 heteroatoms. The van der Waals surface area contributed by atoms with Crippen LogP contribution in [0.2, 0.25) is 0 Å². The number of ether oxygens (including phenoxy) is 2. The van der Waals surface area contributed by atoms with Gasteiger partial charge in [-0.15, -0.1) is 0 Å². The molecular weight excluding hydrogens is 380 g/mol. The fourth-order valence-corrected chi connectivity index (χ4v) is 2.79. The minimum atomic E-state index is -0.250. The average Bonchev–Trinajstić information content (AvgIpc) is 2.78. The van der Waals surface area contributed by atoms with Crippen molar-refractivity contribution >= 4 is 17.6 Å². The maximum Gasteiger partial charge on any atom is 0.257 e. The van der Waals surface area contributed by atoms with Crippen molar-refractivity contribution in [1.82, 2.24) is 10.3 Å². The molecule has 0 unspecified atom stereocenters. The summed E-state index contributed by atoms with van der Waals surface area (Å²) in [6, 6.07) is 16.5. The van der Waals surface area contributed by atoms with Crippen LogP contribution in [0.25, 0.3) is 0 Å². The Bertz CT molecular complexity index is 1040. The third-order valence-corrected chi connectivity index (χ3v) is 4.33. The molecule has 0 atom stereocenters. The molecule has 2 N–H and O–H groups in total. The number of amides is 1. The number of nitrogens with zero attached hydrogens (tertiary/aromatic N) is 2. The number of aliphatic imine (C=N–C) groups is 1. The van der Waals surface area contributed by atoms with E-state index in [0.29, 0.717) is 35.3 Å².